The monoisotopic (exact) mass is 342 g/mol. The van der Waals surface area contributed by atoms with Gasteiger partial charge >= 0.3 is 0 Å². The number of hydrogen-bond donors (Lipinski definition) is 3. The molecule has 3 rings (SSSR count). The van der Waals surface area contributed by atoms with Gasteiger partial charge in [0.25, 0.3) is 5.91 Å². The molecule has 1 atom stereocenters. The first kappa shape index (κ1) is 17.0. The Morgan fingerprint density at radius 2 is 2.12 bits per heavy atom. The van der Waals surface area contributed by atoms with Crippen molar-refractivity contribution in [1.82, 2.24) is 15.2 Å². The highest BCUT2D eigenvalue weighted by molar-refractivity contribution is 5.98. The van der Waals surface area contributed by atoms with Crippen molar-refractivity contribution in [3.05, 3.63) is 47.9 Å². The van der Waals surface area contributed by atoms with E-state index in [1.54, 1.807) is 24.5 Å². The molecule has 1 unspecified atom stereocenters. The molecule has 0 aliphatic carbocycles. The van der Waals surface area contributed by atoms with Crippen molar-refractivity contribution in [3.63, 3.8) is 0 Å². The van der Waals surface area contributed by atoms with E-state index in [4.69, 9.17) is 5.73 Å². The Bertz CT molecular complexity index is 917. The molecule has 3 aromatic rings. The van der Waals surface area contributed by atoms with Crippen LogP contribution in [0, 0.1) is 0 Å². The Morgan fingerprint density at radius 3 is 2.72 bits per heavy atom. The van der Waals surface area contributed by atoms with Crippen LogP contribution in [0.4, 0.5) is 4.39 Å². The van der Waals surface area contributed by atoms with E-state index in [1.807, 2.05) is 12.1 Å². The molecule has 0 saturated carbocycles. The molecule has 0 spiro atoms. The molecule has 7 heteroatoms. The van der Waals surface area contributed by atoms with Gasteiger partial charge in [-0.2, -0.15) is 5.10 Å². The van der Waals surface area contributed by atoms with E-state index >= 15 is 0 Å². The van der Waals surface area contributed by atoms with E-state index in [2.05, 4.69) is 15.2 Å². The predicted molar refractivity (Wildman–Crippen MR) is 92.7 cm³/mol. The number of carbonyl (C=O) groups excluding carboxylic acids is 1. The van der Waals surface area contributed by atoms with Crippen molar-refractivity contribution in [2.24, 2.45) is 5.73 Å². The second-order valence-electron chi connectivity index (χ2n) is 6.57. The van der Waals surface area contributed by atoms with Gasteiger partial charge < -0.3 is 10.8 Å². The SMILES string of the molecule is CC(C)(O)C(F)Cc1nc2ccc(-c3cn[nH]c3)cc2cc1C(N)=O. The van der Waals surface area contributed by atoms with Crippen molar-refractivity contribution >= 4 is 16.8 Å². The fourth-order valence-corrected chi connectivity index (χ4v) is 2.59. The minimum Gasteiger partial charge on any atom is -0.387 e. The molecule has 0 radical (unpaired) electrons. The summed E-state index contributed by atoms with van der Waals surface area (Å²) in [6.07, 6.45) is 1.69. The summed E-state index contributed by atoms with van der Waals surface area (Å²) in [6.45, 7) is 2.75. The summed E-state index contributed by atoms with van der Waals surface area (Å²) in [5.74, 6) is -0.680. The number of carbonyl (C=O) groups is 1. The number of nitrogens with two attached hydrogens (primary N) is 1. The summed E-state index contributed by atoms with van der Waals surface area (Å²) in [5.41, 5.74) is 6.74. The normalized spacial score (nSPS) is 13.1. The Hall–Kier alpha value is -2.80. The molecular formula is C18H19FN4O2. The number of aromatic amines is 1. The first-order chi connectivity index (χ1) is 11.8. The van der Waals surface area contributed by atoms with Gasteiger partial charge in [0.1, 0.15) is 6.17 Å². The Balaban J connectivity index is 2.08. The van der Waals surface area contributed by atoms with Crippen LogP contribution in [0.1, 0.15) is 29.9 Å². The smallest absolute Gasteiger partial charge is 0.250 e. The lowest BCUT2D eigenvalue weighted by molar-refractivity contribution is -0.00305. The van der Waals surface area contributed by atoms with Crippen LogP contribution >= 0.6 is 0 Å². The zero-order valence-electron chi connectivity index (χ0n) is 14.0. The van der Waals surface area contributed by atoms with E-state index in [0.29, 0.717) is 5.52 Å². The number of fused-ring (bicyclic) bond motifs is 1. The molecule has 0 saturated heterocycles. The Kier molecular flexibility index (Phi) is 4.26. The number of primary amides is 1. The maximum absolute atomic E-state index is 14.2. The fraction of sp³-hybridized carbons (Fsp3) is 0.278. The van der Waals surface area contributed by atoms with Crippen molar-refractivity contribution in [3.8, 4) is 11.1 Å². The number of amides is 1. The van der Waals surface area contributed by atoms with Crippen LogP contribution in [0.5, 0.6) is 0 Å². The molecule has 4 N–H and O–H groups in total. The molecule has 130 valence electrons. The van der Waals surface area contributed by atoms with E-state index in [9.17, 15) is 14.3 Å². The van der Waals surface area contributed by atoms with Crippen LogP contribution in [0.15, 0.2) is 36.7 Å². The summed E-state index contributed by atoms with van der Waals surface area (Å²) >= 11 is 0. The molecule has 0 aliphatic heterocycles. The molecule has 25 heavy (non-hydrogen) atoms. The lowest BCUT2D eigenvalue weighted by atomic mass is 9.95. The zero-order valence-corrected chi connectivity index (χ0v) is 14.0. The quantitative estimate of drug-likeness (QED) is 0.662. The number of benzene rings is 1. The van der Waals surface area contributed by atoms with Crippen molar-refractivity contribution in [2.75, 3.05) is 0 Å². The molecular weight excluding hydrogens is 323 g/mol. The van der Waals surface area contributed by atoms with Crippen LogP contribution in [-0.4, -0.2) is 38.0 Å². The summed E-state index contributed by atoms with van der Waals surface area (Å²) < 4.78 is 14.2. The number of nitrogens with zero attached hydrogens (tertiary/aromatic N) is 2. The summed E-state index contributed by atoms with van der Waals surface area (Å²) in [4.78, 5) is 16.2. The van der Waals surface area contributed by atoms with E-state index in [-0.39, 0.29) is 17.7 Å². The number of halogens is 1. The second kappa shape index (κ2) is 6.25. The summed E-state index contributed by atoms with van der Waals surface area (Å²) in [7, 11) is 0. The second-order valence-corrected chi connectivity index (χ2v) is 6.57. The van der Waals surface area contributed by atoms with Crippen LogP contribution in [0.3, 0.4) is 0 Å². The average molecular weight is 342 g/mol. The van der Waals surface area contributed by atoms with Gasteiger partial charge in [-0.15, -0.1) is 0 Å². The number of aliphatic hydroxyl groups is 1. The van der Waals surface area contributed by atoms with E-state index < -0.39 is 17.7 Å². The van der Waals surface area contributed by atoms with Crippen LogP contribution in [0.2, 0.25) is 0 Å². The number of rotatable bonds is 5. The predicted octanol–water partition coefficient (Wildman–Crippen LogP) is 2.38. The van der Waals surface area contributed by atoms with Gasteiger partial charge in [0, 0.05) is 23.6 Å². The molecule has 0 bridgehead atoms. The molecule has 0 fully saturated rings. The third-order valence-corrected chi connectivity index (χ3v) is 4.13. The van der Waals surface area contributed by atoms with Crippen molar-refractivity contribution in [2.45, 2.75) is 32.0 Å². The maximum atomic E-state index is 14.2. The minimum absolute atomic E-state index is 0.156. The van der Waals surface area contributed by atoms with Crippen LogP contribution in [-0.2, 0) is 6.42 Å². The molecule has 2 heterocycles. The number of H-pyrrole nitrogens is 1. The van der Waals surface area contributed by atoms with Gasteiger partial charge in [-0.3, -0.25) is 14.9 Å². The Labute approximate surface area is 143 Å². The van der Waals surface area contributed by atoms with Crippen molar-refractivity contribution in [1.29, 1.82) is 0 Å². The molecule has 1 amide bonds. The summed E-state index contributed by atoms with van der Waals surface area (Å²) in [5, 5.41) is 17.2. The standard InChI is InChI=1S/C18H19FN4O2/c1-18(2,25)16(19)7-15-13(17(20)24)6-11-5-10(3-4-14(11)23-15)12-8-21-22-9-12/h3-6,8-9,16,25H,7H2,1-2H3,(H2,20,24)(H,21,22). The number of hydrogen-bond acceptors (Lipinski definition) is 4. The first-order valence-corrected chi connectivity index (χ1v) is 7.85. The van der Waals surface area contributed by atoms with Gasteiger partial charge in [0.2, 0.25) is 0 Å². The third-order valence-electron chi connectivity index (χ3n) is 4.13. The van der Waals surface area contributed by atoms with E-state index in [0.717, 1.165) is 16.5 Å². The average Bonchev–Trinajstić information content (AvgIpc) is 3.07. The Morgan fingerprint density at radius 1 is 1.36 bits per heavy atom. The topological polar surface area (TPSA) is 105 Å². The number of aromatic nitrogens is 3. The maximum Gasteiger partial charge on any atom is 0.250 e. The van der Waals surface area contributed by atoms with Gasteiger partial charge in [-0.05, 0) is 37.6 Å². The highest BCUT2D eigenvalue weighted by atomic mass is 19.1. The molecule has 2 aromatic heterocycles. The number of alkyl halides is 1. The van der Waals surface area contributed by atoms with Crippen molar-refractivity contribution < 1.29 is 14.3 Å². The fourth-order valence-electron chi connectivity index (χ4n) is 2.59. The highest BCUT2D eigenvalue weighted by Crippen LogP contribution is 2.26. The largest absolute Gasteiger partial charge is 0.387 e. The van der Waals surface area contributed by atoms with E-state index in [1.165, 1.54) is 13.8 Å². The molecule has 6 nitrogen and oxygen atoms in total. The molecule has 0 aliphatic rings. The minimum atomic E-state index is -1.57. The number of nitrogens with one attached hydrogen (secondary N) is 1. The van der Waals surface area contributed by atoms with Gasteiger partial charge in [-0.25, -0.2) is 4.39 Å². The van der Waals surface area contributed by atoms with Gasteiger partial charge in [0.15, 0.2) is 0 Å². The molecule has 1 aromatic carbocycles. The highest BCUT2D eigenvalue weighted by Gasteiger charge is 2.28. The summed E-state index contributed by atoms with van der Waals surface area (Å²) in [6, 6.07) is 7.15. The lowest BCUT2D eigenvalue weighted by Gasteiger charge is -2.22. The third kappa shape index (κ3) is 3.51. The number of pyridine rings is 1. The zero-order chi connectivity index (χ0) is 18.2. The van der Waals surface area contributed by atoms with Gasteiger partial charge in [-0.1, -0.05) is 6.07 Å². The van der Waals surface area contributed by atoms with Crippen LogP contribution in [0.25, 0.3) is 22.0 Å². The lowest BCUT2D eigenvalue weighted by Crippen LogP contribution is -2.35. The van der Waals surface area contributed by atoms with Gasteiger partial charge in [0.05, 0.1) is 28.6 Å². The van der Waals surface area contributed by atoms with Crippen LogP contribution < -0.4 is 5.73 Å². The first-order valence-electron chi connectivity index (χ1n) is 7.85.